The summed E-state index contributed by atoms with van der Waals surface area (Å²) < 4.78 is 4.57. The van der Waals surface area contributed by atoms with E-state index in [1.165, 1.54) is 7.11 Å². The number of ether oxygens (including phenoxy) is 1. The molecule has 4 heteroatoms. The molecule has 1 amide bonds. The van der Waals surface area contributed by atoms with Gasteiger partial charge in [0.2, 0.25) is 5.91 Å². The van der Waals surface area contributed by atoms with Gasteiger partial charge in [-0.15, -0.1) is 0 Å². The van der Waals surface area contributed by atoms with E-state index < -0.39 is 12.0 Å². The van der Waals surface area contributed by atoms with Crippen LogP contribution in [0.2, 0.25) is 0 Å². The Bertz CT molecular complexity index is 624. The predicted octanol–water partition coefficient (Wildman–Crippen LogP) is 6.14. The second kappa shape index (κ2) is 21.1. The van der Waals surface area contributed by atoms with Crippen LogP contribution in [0.25, 0.3) is 0 Å². The van der Waals surface area contributed by atoms with Crippen molar-refractivity contribution in [2.24, 2.45) is 0 Å². The van der Waals surface area contributed by atoms with Crippen molar-refractivity contribution in [1.29, 1.82) is 0 Å². The van der Waals surface area contributed by atoms with Crippen molar-refractivity contribution in [3.63, 3.8) is 0 Å². The number of esters is 1. The summed E-state index contributed by atoms with van der Waals surface area (Å²) in [7, 11) is 1.31. The minimum Gasteiger partial charge on any atom is -0.467 e. The van der Waals surface area contributed by atoms with Gasteiger partial charge in [0.05, 0.1) is 7.11 Å². The van der Waals surface area contributed by atoms with E-state index in [0.29, 0.717) is 12.8 Å². The van der Waals surface area contributed by atoms with Crippen LogP contribution in [0, 0.1) is 0 Å². The van der Waals surface area contributed by atoms with Crippen LogP contribution in [0.1, 0.15) is 65.2 Å². The fourth-order valence-corrected chi connectivity index (χ4v) is 2.40. The smallest absolute Gasteiger partial charge is 0.328 e. The Labute approximate surface area is 183 Å². The molecule has 1 N–H and O–H groups in total. The van der Waals surface area contributed by atoms with Crippen molar-refractivity contribution < 1.29 is 14.3 Å². The van der Waals surface area contributed by atoms with Gasteiger partial charge in [-0.05, 0) is 51.9 Å². The number of hydrogen-bond donors (Lipinski definition) is 1. The van der Waals surface area contributed by atoms with Crippen LogP contribution in [-0.4, -0.2) is 25.0 Å². The van der Waals surface area contributed by atoms with Gasteiger partial charge >= 0.3 is 5.97 Å². The lowest BCUT2D eigenvalue weighted by Crippen LogP contribution is -2.38. The van der Waals surface area contributed by atoms with Crippen LogP contribution < -0.4 is 5.32 Å². The number of carbonyl (C=O) groups is 2. The van der Waals surface area contributed by atoms with Crippen LogP contribution in [0.4, 0.5) is 0 Å². The molecule has 0 aromatic heterocycles. The maximum Gasteiger partial charge on any atom is 0.328 e. The van der Waals surface area contributed by atoms with Crippen molar-refractivity contribution in [3.05, 3.63) is 72.9 Å². The van der Waals surface area contributed by atoms with Crippen LogP contribution in [0.5, 0.6) is 0 Å². The summed E-state index contributed by atoms with van der Waals surface area (Å²) in [4.78, 5) is 22.9. The highest BCUT2D eigenvalue weighted by Gasteiger charge is 2.14. The lowest BCUT2D eigenvalue weighted by molar-refractivity contribution is -0.144. The average molecular weight is 414 g/mol. The number of hydrogen-bond acceptors (Lipinski definition) is 3. The third-order valence-electron chi connectivity index (χ3n) is 4.07. The normalized spacial score (nSPS) is 13.6. The van der Waals surface area contributed by atoms with Gasteiger partial charge in [-0.2, -0.15) is 0 Å². The van der Waals surface area contributed by atoms with Crippen molar-refractivity contribution in [3.8, 4) is 0 Å². The van der Waals surface area contributed by atoms with E-state index in [1.807, 2.05) is 12.2 Å². The Balaban J connectivity index is 3.67. The van der Waals surface area contributed by atoms with E-state index in [9.17, 15) is 9.59 Å². The summed E-state index contributed by atoms with van der Waals surface area (Å²) in [6, 6.07) is -0.604. The Morgan fingerprint density at radius 2 is 1.13 bits per heavy atom. The molecule has 0 aromatic rings. The molecule has 0 fully saturated rings. The highest BCUT2D eigenvalue weighted by Crippen LogP contribution is 1.98. The quantitative estimate of drug-likeness (QED) is 0.244. The Morgan fingerprint density at radius 1 is 0.733 bits per heavy atom. The van der Waals surface area contributed by atoms with Gasteiger partial charge in [0.1, 0.15) is 6.04 Å². The van der Waals surface area contributed by atoms with Gasteiger partial charge in [0, 0.05) is 6.42 Å². The first-order chi connectivity index (χ1) is 14.6. The molecule has 0 rings (SSSR count). The molecule has 1 unspecified atom stereocenters. The summed E-state index contributed by atoms with van der Waals surface area (Å²) in [6.45, 7) is 3.76. The molecule has 0 aromatic carbocycles. The van der Waals surface area contributed by atoms with E-state index in [0.717, 1.165) is 38.5 Å². The maximum absolute atomic E-state index is 11.7. The zero-order valence-corrected chi connectivity index (χ0v) is 18.9. The summed E-state index contributed by atoms with van der Waals surface area (Å²) in [5.74, 6) is -0.579. The lowest BCUT2D eigenvalue weighted by atomic mass is 10.2. The van der Waals surface area contributed by atoms with E-state index >= 15 is 0 Å². The zero-order valence-electron chi connectivity index (χ0n) is 18.9. The van der Waals surface area contributed by atoms with E-state index in [1.54, 1.807) is 6.92 Å². The molecule has 0 radical (unpaired) electrons. The highest BCUT2D eigenvalue weighted by molar-refractivity contribution is 5.84. The molecule has 1 atom stereocenters. The number of allylic oxidation sites excluding steroid dienone is 12. The summed E-state index contributed by atoms with van der Waals surface area (Å²) in [6.07, 6.45) is 32.7. The highest BCUT2D eigenvalue weighted by atomic mass is 16.5. The van der Waals surface area contributed by atoms with E-state index in [4.69, 9.17) is 0 Å². The minimum atomic E-state index is -0.604. The largest absolute Gasteiger partial charge is 0.467 e. The minimum absolute atomic E-state index is 0.146. The van der Waals surface area contributed by atoms with Gasteiger partial charge in [-0.1, -0.05) is 79.8 Å². The first-order valence-electron chi connectivity index (χ1n) is 10.9. The first kappa shape index (κ1) is 27.4. The maximum atomic E-state index is 11.7. The molecule has 166 valence electrons. The molecule has 0 saturated heterocycles. The molecule has 0 saturated carbocycles. The monoisotopic (exact) mass is 413 g/mol. The van der Waals surface area contributed by atoms with Crippen LogP contribution in [0.15, 0.2) is 72.9 Å². The summed E-state index contributed by atoms with van der Waals surface area (Å²) in [5.41, 5.74) is 0. The number of rotatable bonds is 16. The van der Waals surface area contributed by atoms with Crippen molar-refractivity contribution >= 4 is 11.9 Å². The van der Waals surface area contributed by atoms with Gasteiger partial charge in [-0.25, -0.2) is 4.79 Å². The molecule has 0 aliphatic rings. The second-order valence-corrected chi connectivity index (χ2v) is 6.77. The van der Waals surface area contributed by atoms with Gasteiger partial charge in [0.15, 0.2) is 0 Å². The number of amides is 1. The molecule has 4 nitrogen and oxygen atoms in total. The third-order valence-corrected chi connectivity index (χ3v) is 4.07. The van der Waals surface area contributed by atoms with E-state index in [-0.39, 0.29) is 5.91 Å². The van der Waals surface area contributed by atoms with Crippen molar-refractivity contribution in [2.45, 2.75) is 71.3 Å². The number of nitrogens with one attached hydrogen (secondary N) is 1. The topological polar surface area (TPSA) is 55.4 Å². The fraction of sp³-hybridized carbons (Fsp3) is 0.462. The van der Waals surface area contributed by atoms with E-state index in [2.05, 4.69) is 77.7 Å². The number of methoxy groups -OCH3 is 1. The standard InChI is InChI=1S/C26H39NO3/c1-4-5-6-7-8-9-10-11-12-13-14-15-16-17-18-19-20-21-22-23-25(28)27-24(2)26(29)30-3/h5-6,8-9,11-12,14-15,17-18,20-21,24H,4,7,10,13,16,19,22-23H2,1-3H3,(H,27,28). The fourth-order valence-electron chi connectivity index (χ4n) is 2.40. The van der Waals surface area contributed by atoms with Crippen LogP contribution in [0.3, 0.4) is 0 Å². The Morgan fingerprint density at radius 3 is 1.53 bits per heavy atom. The molecule has 0 aliphatic heterocycles. The molecular formula is C26H39NO3. The van der Waals surface area contributed by atoms with Gasteiger partial charge in [-0.3, -0.25) is 4.79 Å². The number of carbonyl (C=O) groups excluding carboxylic acids is 2. The van der Waals surface area contributed by atoms with Gasteiger partial charge < -0.3 is 10.1 Å². The lowest BCUT2D eigenvalue weighted by Gasteiger charge is -2.10. The SMILES string of the molecule is CCC=CCC=CCC=CCC=CCC=CCC=CCCC(=O)NC(C)C(=O)OC. The van der Waals surface area contributed by atoms with Gasteiger partial charge in [0.25, 0.3) is 0 Å². The second-order valence-electron chi connectivity index (χ2n) is 6.77. The molecule has 0 aliphatic carbocycles. The molecule has 30 heavy (non-hydrogen) atoms. The summed E-state index contributed by atoms with van der Waals surface area (Å²) in [5, 5.41) is 2.61. The molecule has 0 spiro atoms. The van der Waals surface area contributed by atoms with Crippen molar-refractivity contribution in [2.75, 3.05) is 7.11 Å². The van der Waals surface area contributed by atoms with Crippen LogP contribution in [-0.2, 0) is 14.3 Å². The molecular weight excluding hydrogens is 374 g/mol. The predicted molar refractivity (Wildman–Crippen MR) is 127 cm³/mol. The van der Waals surface area contributed by atoms with Crippen molar-refractivity contribution in [1.82, 2.24) is 5.32 Å². The molecule has 0 bridgehead atoms. The zero-order chi connectivity index (χ0) is 22.3. The average Bonchev–Trinajstić information content (AvgIpc) is 2.74. The third kappa shape index (κ3) is 18.7. The first-order valence-corrected chi connectivity index (χ1v) is 10.9. The molecule has 0 heterocycles. The summed E-state index contributed by atoms with van der Waals surface area (Å²) >= 11 is 0. The Kier molecular flexibility index (Phi) is 19.3. The Hall–Kier alpha value is -2.62. The van der Waals surface area contributed by atoms with Crippen LogP contribution >= 0.6 is 0 Å².